The van der Waals surface area contributed by atoms with Crippen LogP contribution in [-0.2, 0) is 14.8 Å². The number of nitrogens with one attached hydrogen (secondary N) is 2. The van der Waals surface area contributed by atoms with Gasteiger partial charge in [0.15, 0.2) is 0 Å². The molecule has 0 unspecified atom stereocenters. The molecule has 0 fully saturated rings. The predicted octanol–water partition coefficient (Wildman–Crippen LogP) is 3.35. The molecule has 0 radical (unpaired) electrons. The van der Waals surface area contributed by atoms with E-state index in [0.29, 0.717) is 28.6 Å². The molecule has 2 aromatic carbocycles. The maximum Gasteiger partial charge on any atom is 0.242 e. The van der Waals surface area contributed by atoms with Crippen molar-refractivity contribution in [3.8, 4) is 5.75 Å². The first kappa shape index (κ1) is 20.2. The van der Waals surface area contributed by atoms with Crippen molar-refractivity contribution in [3.63, 3.8) is 0 Å². The summed E-state index contributed by atoms with van der Waals surface area (Å²) < 4.78 is 32.8. The SMILES string of the molecule is CCOc1ccc(S(=O)(=O)N[C@H](C)C(=O)Nc2cccc(Cl)c2)cc1C. The van der Waals surface area contributed by atoms with Gasteiger partial charge in [0.05, 0.1) is 17.5 Å². The first-order chi connectivity index (χ1) is 12.2. The molecule has 1 amide bonds. The molecule has 2 N–H and O–H groups in total. The summed E-state index contributed by atoms with van der Waals surface area (Å²) in [6.45, 7) is 5.58. The third kappa shape index (κ3) is 5.20. The molecule has 26 heavy (non-hydrogen) atoms. The molecule has 8 heteroatoms. The number of benzene rings is 2. The highest BCUT2D eigenvalue weighted by Crippen LogP contribution is 2.22. The fourth-order valence-electron chi connectivity index (χ4n) is 2.28. The Morgan fingerprint density at radius 1 is 1.23 bits per heavy atom. The van der Waals surface area contributed by atoms with Gasteiger partial charge >= 0.3 is 0 Å². The molecule has 0 aliphatic carbocycles. The lowest BCUT2D eigenvalue weighted by molar-refractivity contribution is -0.117. The van der Waals surface area contributed by atoms with Gasteiger partial charge in [-0.3, -0.25) is 4.79 Å². The van der Waals surface area contributed by atoms with E-state index in [1.807, 2.05) is 6.92 Å². The van der Waals surface area contributed by atoms with Crippen molar-refractivity contribution in [2.75, 3.05) is 11.9 Å². The first-order valence-electron chi connectivity index (χ1n) is 8.05. The van der Waals surface area contributed by atoms with Crippen LogP contribution in [0.5, 0.6) is 5.75 Å². The fraction of sp³-hybridized carbons (Fsp3) is 0.278. The molecule has 0 aromatic heterocycles. The Balaban J connectivity index is 2.10. The number of rotatable bonds is 7. The number of sulfonamides is 1. The van der Waals surface area contributed by atoms with Crippen LogP contribution < -0.4 is 14.8 Å². The summed E-state index contributed by atoms with van der Waals surface area (Å²) in [6, 6.07) is 10.2. The molecule has 6 nitrogen and oxygen atoms in total. The number of amides is 1. The van der Waals surface area contributed by atoms with E-state index in [1.165, 1.54) is 19.1 Å². The van der Waals surface area contributed by atoms with Gasteiger partial charge in [0, 0.05) is 10.7 Å². The Labute approximate surface area is 158 Å². The average Bonchev–Trinajstić information content (AvgIpc) is 2.56. The second-order valence-electron chi connectivity index (χ2n) is 5.70. The van der Waals surface area contributed by atoms with Crippen molar-refractivity contribution in [2.24, 2.45) is 0 Å². The summed E-state index contributed by atoms with van der Waals surface area (Å²) in [5, 5.41) is 3.10. The molecule has 0 aliphatic heterocycles. The monoisotopic (exact) mass is 396 g/mol. The van der Waals surface area contributed by atoms with E-state index in [9.17, 15) is 13.2 Å². The largest absolute Gasteiger partial charge is 0.494 e. The Kier molecular flexibility index (Phi) is 6.63. The van der Waals surface area contributed by atoms with Gasteiger partial charge in [-0.1, -0.05) is 17.7 Å². The molecule has 0 saturated heterocycles. The third-order valence-electron chi connectivity index (χ3n) is 3.57. The minimum Gasteiger partial charge on any atom is -0.494 e. The lowest BCUT2D eigenvalue weighted by Gasteiger charge is -2.15. The number of ether oxygens (including phenoxy) is 1. The van der Waals surface area contributed by atoms with Crippen molar-refractivity contribution in [2.45, 2.75) is 31.7 Å². The van der Waals surface area contributed by atoms with Crippen LogP contribution in [0.4, 0.5) is 5.69 Å². The number of hydrogen-bond acceptors (Lipinski definition) is 4. The van der Waals surface area contributed by atoms with Crippen LogP contribution in [0.1, 0.15) is 19.4 Å². The van der Waals surface area contributed by atoms with E-state index < -0.39 is 22.0 Å². The van der Waals surface area contributed by atoms with Crippen LogP contribution in [0.25, 0.3) is 0 Å². The van der Waals surface area contributed by atoms with Gasteiger partial charge in [-0.05, 0) is 62.7 Å². The smallest absolute Gasteiger partial charge is 0.242 e. The summed E-state index contributed by atoms with van der Waals surface area (Å²) >= 11 is 5.87. The average molecular weight is 397 g/mol. The van der Waals surface area contributed by atoms with Crippen LogP contribution >= 0.6 is 11.6 Å². The van der Waals surface area contributed by atoms with Gasteiger partial charge in [0.2, 0.25) is 15.9 Å². The summed E-state index contributed by atoms with van der Waals surface area (Å²) in [5.41, 5.74) is 1.19. The highest BCUT2D eigenvalue weighted by molar-refractivity contribution is 7.89. The van der Waals surface area contributed by atoms with E-state index in [2.05, 4.69) is 10.0 Å². The van der Waals surface area contributed by atoms with Crippen molar-refractivity contribution in [1.29, 1.82) is 0 Å². The molecule has 1 atom stereocenters. The van der Waals surface area contributed by atoms with Crippen LogP contribution in [0.15, 0.2) is 47.4 Å². The van der Waals surface area contributed by atoms with Gasteiger partial charge in [-0.15, -0.1) is 0 Å². The zero-order valence-electron chi connectivity index (χ0n) is 14.7. The number of anilines is 1. The van der Waals surface area contributed by atoms with E-state index >= 15 is 0 Å². The zero-order chi connectivity index (χ0) is 19.3. The third-order valence-corrected chi connectivity index (χ3v) is 5.35. The van der Waals surface area contributed by atoms with Gasteiger partial charge in [-0.2, -0.15) is 4.72 Å². The van der Waals surface area contributed by atoms with E-state index in [1.54, 1.807) is 37.3 Å². The molecule has 0 saturated carbocycles. The molecular formula is C18H21ClN2O4S. The van der Waals surface area contributed by atoms with Gasteiger partial charge in [-0.25, -0.2) is 8.42 Å². The van der Waals surface area contributed by atoms with Gasteiger partial charge < -0.3 is 10.1 Å². The van der Waals surface area contributed by atoms with E-state index in [0.717, 1.165) is 0 Å². The number of halogens is 1. The Morgan fingerprint density at radius 3 is 2.58 bits per heavy atom. The predicted molar refractivity (Wildman–Crippen MR) is 102 cm³/mol. The number of carbonyl (C=O) groups is 1. The zero-order valence-corrected chi connectivity index (χ0v) is 16.3. The standard InChI is InChI=1S/C18H21ClN2O4S/c1-4-25-17-9-8-16(10-12(17)2)26(23,24)21-13(3)18(22)20-15-7-5-6-14(19)11-15/h5-11,13,21H,4H2,1-3H3,(H,20,22)/t13-/m1/s1. The van der Waals surface area contributed by atoms with Crippen LogP contribution in [0.2, 0.25) is 5.02 Å². The van der Waals surface area contributed by atoms with Gasteiger partial charge in [0.25, 0.3) is 0 Å². The lowest BCUT2D eigenvalue weighted by Crippen LogP contribution is -2.41. The molecule has 2 rings (SSSR count). The summed E-state index contributed by atoms with van der Waals surface area (Å²) in [6.07, 6.45) is 0. The van der Waals surface area contributed by atoms with E-state index in [4.69, 9.17) is 16.3 Å². The molecule has 0 bridgehead atoms. The topological polar surface area (TPSA) is 84.5 Å². The second kappa shape index (κ2) is 8.53. The number of hydrogen-bond donors (Lipinski definition) is 2. The Hall–Kier alpha value is -2.09. The highest BCUT2D eigenvalue weighted by atomic mass is 35.5. The normalized spacial score (nSPS) is 12.5. The number of carbonyl (C=O) groups excluding carboxylic acids is 1. The maximum atomic E-state index is 12.5. The molecular weight excluding hydrogens is 376 g/mol. The molecule has 0 heterocycles. The summed E-state index contributed by atoms with van der Waals surface area (Å²) in [7, 11) is -3.85. The van der Waals surface area contributed by atoms with E-state index in [-0.39, 0.29) is 4.90 Å². The Morgan fingerprint density at radius 2 is 1.96 bits per heavy atom. The van der Waals surface area contributed by atoms with Crippen molar-refractivity contribution in [1.82, 2.24) is 4.72 Å². The molecule has 0 spiro atoms. The summed E-state index contributed by atoms with van der Waals surface area (Å²) in [4.78, 5) is 12.3. The fourth-order valence-corrected chi connectivity index (χ4v) is 3.76. The molecule has 2 aromatic rings. The molecule has 140 valence electrons. The van der Waals surface area contributed by atoms with Crippen LogP contribution in [0, 0.1) is 6.92 Å². The van der Waals surface area contributed by atoms with Crippen LogP contribution in [0.3, 0.4) is 0 Å². The minimum absolute atomic E-state index is 0.0702. The highest BCUT2D eigenvalue weighted by Gasteiger charge is 2.22. The van der Waals surface area contributed by atoms with Crippen molar-refractivity contribution in [3.05, 3.63) is 53.1 Å². The number of aryl methyl sites for hydroxylation is 1. The van der Waals surface area contributed by atoms with Crippen molar-refractivity contribution >= 4 is 33.2 Å². The second-order valence-corrected chi connectivity index (χ2v) is 7.85. The lowest BCUT2D eigenvalue weighted by atomic mass is 10.2. The quantitative estimate of drug-likeness (QED) is 0.751. The molecule has 0 aliphatic rings. The maximum absolute atomic E-state index is 12.5. The van der Waals surface area contributed by atoms with Crippen molar-refractivity contribution < 1.29 is 17.9 Å². The Bertz CT molecular complexity index is 900. The van der Waals surface area contributed by atoms with Gasteiger partial charge in [0.1, 0.15) is 5.75 Å². The first-order valence-corrected chi connectivity index (χ1v) is 9.91. The minimum atomic E-state index is -3.85. The van der Waals surface area contributed by atoms with Crippen LogP contribution in [-0.4, -0.2) is 27.0 Å². The summed E-state index contributed by atoms with van der Waals surface area (Å²) in [5.74, 6) is 0.136.